The van der Waals surface area contributed by atoms with E-state index in [0.29, 0.717) is 41.8 Å². The van der Waals surface area contributed by atoms with E-state index < -0.39 is 11.6 Å². The van der Waals surface area contributed by atoms with Gasteiger partial charge in [0, 0.05) is 26.2 Å². The van der Waals surface area contributed by atoms with E-state index in [1.165, 1.54) is 12.1 Å². The van der Waals surface area contributed by atoms with Crippen molar-refractivity contribution < 1.29 is 18.4 Å². The molecule has 1 unspecified atom stereocenters. The van der Waals surface area contributed by atoms with E-state index in [4.69, 9.17) is 0 Å². The van der Waals surface area contributed by atoms with E-state index >= 15 is 0 Å². The predicted octanol–water partition coefficient (Wildman–Crippen LogP) is 2.34. The molecule has 2 N–H and O–H groups in total. The fourth-order valence-corrected chi connectivity index (χ4v) is 4.23. The van der Waals surface area contributed by atoms with Crippen LogP contribution in [0.2, 0.25) is 0 Å². The van der Waals surface area contributed by atoms with Crippen molar-refractivity contribution in [1.29, 1.82) is 0 Å². The number of aromatic nitrogens is 2. The molecule has 0 radical (unpaired) electrons. The number of nitrogens with zero attached hydrogens (tertiary/aromatic N) is 4. The molecule has 1 aromatic carbocycles. The molecule has 0 bridgehead atoms. The third-order valence-corrected chi connectivity index (χ3v) is 5.82. The van der Waals surface area contributed by atoms with Crippen molar-refractivity contribution in [2.24, 2.45) is 5.92 Å². The number of carbonyl (C=O) groups excluding carboxylic acids is 2. The molecule has 0 spiro atoms. The third kappa shape index (κ3) is 4.21. The van der Waals surface area contributed by atoms with E-state index in [2.05, 4.69) is 20.6 Å². The summed E-state index contributed by atoms with van der Waals surface area (Å²) in [4.78, 5) is 37.4. The van der Waals surface area contributed by atoms with Crippen LogP contribution in [0.3, 0.4) is 0 Å². The molecule has 10 heteroatoms. The zero-order valence-electron chi connectivity index (χ0n) is 18.4. The molecule has 1 saturated heterocycles. The van der Waals surface area contributed by atoms with Gasteiger partial charge in [-0.25, -0.2) is 13.8 Å². The Hall–Kier alpha value is -3.30. The summed E-state index contributed by atoms with van der Waals surface area (Å²) >= 11 is 0. The third-order valence-electron chi connectivity index (χ3n) is 5.82. The standard InChI is InChI=1S/C22H26F2N6O2/c1-11(2)19-21(32)27-18-12(3)25-22(28-20(18)29(19)4)26-16-9-30(10-16)17(31)7-13-5-14(23)8-15(24)6-13/h5-6,8,11,16,19H,7,9-10H2,1-4H3,(H,27,32)(H,25,26,28). The molecule has 2 aromatic rings. The second-order valence-corrected chi connectivity index (χ2v) is 8.71. The molecular weight excluding hydrogens is 418 g/mol. The molecule has 0 aliphatic carbocycles. The van der Waals surface area contributed by atoms with Crippen molar-refractivity contribution in [3.8, 4) is 0 Å². The number of nitrogens with one attached hydrogen (secondary N) is 2. The van der Waals surface area contributed by atoms with Gasteiger partial charge in [-0.05, 0) is 30.5 Å². The van der Waals surface area contributed by atoms with Crippen LogP contribution in [0.25, 0.3) is 0 Å². The van der Waals surface area contributed by atoms with Crippen LogP contribution in [-0.2, 0) is 16.0 Å². The summed E-state index contributed by atoms with van der Waals surface area (Å²) in [6, 6.07) is 2.75. The van der Waals surface area contributed by atoms with Gasteiger partial charge in [0.1, 0.15) is 23.4 Å². The molecule has 8 nitrogen and oxygen atoms in total. The molecule has 32 heavy (non-hydrogen) atoms. The molecule has 1 fully saturated rings. The number of halogens is 2. The molecule has 4 rings (SSSR count). The van der Waals surface area contributed by atoms with Crippen LogP contribution in [0.1, 0.15) is 25.1 Å². The Labute approximate surface area is 185 Å². The number of rotatable bonds is 5. The number of likely N-dealkylation sites (N-methyl/N-ethyl adjacent to an activating group) is 1. The number of fused-ring (bicyclic) bond motifs is 1. The summed E-state index contributed by atoms with van der Waals surface area (Å²) in [5, 5.41) is 6.15. The number of hydrogen-bond acceptors (Lipinski definition) is 6. The van der Waals surface area contributed by atoms with Crippen LogP contribution >= 0.6 is 0 Å². The highest BCUT2D eigenvalue weighted by Crippen LogP contribution is 2.34. The first-order valence-corrected chi connectivity index (χ1v) is 10.5. The lowest BCUT2D eigenvalue weighted by atomic mass is 9.99. The molecule has 0 saturated carbocycles. The minimum absolute atomic E-state index is 0.0370. The number of aryl methyl sites for hydroxylation is 1. The number of amides is 2. The normalized spacial score (nSPS) is 18.3. The van der Waals surface area contributed by atoms with Crippen LogP contribution in [0, 0.1) is 24.5 Å². The molecular formula is C22H26F2N6O2. The van der Waals surface area contributed by atoms with E-state index in [-0.39, 0.29) is 36.2 Å². The van der Waals surface area contributed by atoms with Gasteiger partial charge in [-0.3, -0.25) is 9.59 Å². The molecule has 170 valence electrons. The van der Waals surface area contributed by atoms with Gasteiger partial charge in [0.25, 0.3) is 0 Å². The van der Waals surface area contributed by atoms with Gasteiger partial charge >= 0.3 is 0 Å². The van der Waals surface area contributed by atoms with E-state index in [1.54, 1.807) is 4.90 Å². The van der Waals surface area contributed by atoms with Gasteiger partial charge in [-0.15, -0.1) is 0 Å². The van der Waals surface area contributed by atoms with Crippen molar-refractivity contribution in [1.82, 2.24) is 14.9 Å². The summed E-state index contributed by atoms with van der Waals surface area (Å²) < 4.78 is 26.7. The first-order valence-electron chi connectivity index (χ1n) is 10.5. The van der Waals surface area contributed by atoms with Gasteiger partial charge in [0.15, 0.2) is 5.82 Å². The molecule has 2 amide bonds. The SMILES string of the molecule is Cc1nc(NC2CN(C(=O)Cc3cc(F)cc(F)c3)C2)nc2c1NC(=O)C(C(C)C)N2C. The lowest BCUT2D eigenvalue weighted by Gasteiger charge is -2.40. The minimum Gasteiger partial charge on any atom is -0.348 e. The number of benzene rings is 1. The average Bonchev–Trinajstić information content (AvgIpc) is 2.64. The fourth-order valence-electron chi connectivity index (χ4n) is 4.23. The lowest BCUT2D eigenvalue weighted by molar-refractivity contribution is -0.134. The van der Waals surface area contributed by atoms with E-state index in [0.717, 1.165) is 6.07 Å². The summed E-state index contributed by atoms with van der Waals surface area (Å²) in [5.41, 5.74) is 1.57. The summed E-state index contributed by atoms with van der Waals surface area (Å²) in [6.07, 6.45) is -0.0586. The number of anilines is 3. The maximum absolute atomic E-state index is 13.3. The molecule has 2 aliphatic heterocycles. The molecule has 1 atom stereocenters. The predicted molar refractivity (Wildman–Crippen MR) is 116 cm³/mol. The van der Waals surface area contributed by atoms with Crippen LogP contribution in [-0.4, -0.2) is 58.9 Å². The number of likely N-dealkylation sites (tertiary alicyclic amines) is 1. The highest BCUT2D eigenvalue weighted by atomic mass is 19.1. The maximum Gasteiger partial charge on any atom is 0.247 e. The maximum atomic E-state index is 13.3. The Morgan fingerprint density at radius 1 is 1.22 bits per heavy atom. The number of hydrogen-bond donors (Lipinski definition) is 2. The van der Waals surface area contributed by atoms with Gasteiger partial charge in [0.2, 0.25) is 17.8 Å². The van der Waals surface area contributed by atoms with Crippen LogP contribution in [0.4, 0.5) is 26.2 Å². The van der Waals surface area contributed by atoms with Crippen LogP contribution < -0.4 is 15.5 Å². The van der Waals surface area contributed by atoms with Crippen LogP contribution in [0.15, 0.2) is 18.2 Å². The Kier molecular flexibility index (Phi) is 5.70. The van der Waals surface area contributed by atoms with E-state index in [1.807, 2.05) is 32.7 Å². The van der Waals surface area contributed by atoms with Crippen molar-refractivity contribution in [2.45, 2.75) is 39.3 Å². The van der Waals surface area contributed by atoms with E-state index in [9.17, 15) is 18.4 Å². The quantitative estimate of drug-likeness (QED) is 0.736. The van der Waals surface area contributed by atoms with Crippen LogP contribution in [0.5, 0.6) is 0 Å². The van der Waals surface area contributed by atoms with Gasteiger partial charge in [0.05, 0.1) is 18.2 Å². The highest BCUT2D eigenvalue weighted by Gasteiger charge is 2.36. The highest BCUT2D eigenvalue weighted by molar-refractivity contribution is 6.03. The first kappa shape index (κ1) is 21.9. The van der Waals surface area contributed by atoms with Gasteiger partial charge in [-0.2, -0.15) is 4.98 Å². The monoisotopic (exact) mass is 444 g/mol. The second-order valence-electron chi connectivity index (χ2n) is 8.71. The van der Waals surface area contributed by atoms with Crippen molar-refractivity contribution in [3.05, 3.63) is 41.1 Å². The molecule has 1 aromatic heterocycles. The lowest BCUT2D eigenvalue weighted by Crippen LogP contribution is -2.57. The molecule has 2 aliphatic rings. The topological polar surface area (TPSA) is 90.5 Å². The fraction of sp³-hybridized carbons (Fsp3) is 0.455. The average molecular weight is 444 g/mol. The first-order chi connectivity index (χ1) is 15.1. The van der Waals surface area contributed by atoms with Crippen molar-refractivity contribution in [2.75, 3.05) is 35.7 Å². The smallest absolute Gasteiger partial charge is 0.247 e. The second kappa shape index (κ2) is 8.33. The summed E-state index contributed by atoms with van der Waals surface area (Å²) in [7, 11) is 1.84. The Morgan fingerprint density at radius 2 is 1.88 bits per heavy atom. The Balaban J connectivity index is 1.40. The zero-order chi connectivity index (χ0) is 23.2. The van der Waals surface area contributed by atoms with Gasteiger partial charge < -0.3 is 20.4 Å². The zero-order valence-corrected chi connectivity index (χ0v) is 18.4. The van der Waals surface area contributed by atoms with Crippen molar-refractivity contribution in [3.63, 3.8) is 0 Å². The largest absolute Gasteiger partial charge is 0.348 e. The number of carbonyl (C=O) groups is 2. The Bertz CT molecular complexity index is 1050. The summed E-state index contributed by atoms with van der Waals surface area (Å²) in [5.74, 6) is -0.479. The van der Waals surface area contributed by atoms with Crippen molar-refractivity contribution >= 4 is 29.3 Å². The Morgan fingerprint density at radius 3 is 2.50 bits per heavy atom. The molecule has 3 heterocycles. The minimum atomic E-state index is -0.697. The summed E-state index contributed by atoms with van der Waals surface area (Å²) in [6.45, 7) is 6.66. The van der Waals surface area contributed by atoms with Gasteiger partial charge in [-0.1, -0.05) is 13.8 Å².